The molecule has 1 aromatic rings. The number of hydrogen-bond donors (Lipinski definition) is 1. The van der Waals surface area contributed by atoms with Crippen molar-refractivity contribution in [2.75, 3.05) is 26.7 Å². The largest absolute Gasteiger partial charge is 0.469 e. The van der Waals surface area contributed by atoms with Gasteiger partial charge in [0.2, 0.25) is 0 Å². The molecule has 0 aliphatic carbocycles. The van der Waals surface area contributed by atoms with E-state index >= 15 is 0 Å². The van der Waals surface area contributed by atoms with Crippen molar-refractivity contribution in [1.29, 1.82) is 0 Å². The minimum absolute atomic E-state index is 0.109. The number of methoxy groups -OCH3 is 1. The van der Waals surface area contributed by atoms with E-state index in [-0.39, 0.29) is 5.97 Å². The van der Waals surface area contributed by atoms with Gasteiger partial charge in [-0.25, -0.2) is 0 Å². The van der Waals surface area contributed by atoms with Gasteiger partial charge in [0.15, 0.2) is 0 Å². The average molecular weight is 276 g/mol. The van der Waals surface area contributed by atoms with Crippen LogP contribution in [0.15, 0.2) is 30.3 Å². The summed E-state index contributed by atoms with van der Waals surface area (Å²) in [4.78, 5) is 13.6. The molecule has 1 unspecified atom stereocenters. The Kier molecular flexibility index (Phi) is 6.02. The fourth-order valence-corrected chi connectivity index (χ4v) is 2.67. The van der Waals surface area contributed by atoms with Gasteiger partial charge in [0.25, 0.3) is 0 Å². The van der Waals surface area contributed by atoms with Crippen LogP contribution in [-0.2, 0) is 16.1 Å². The minimum Gasteiger partial charge on any atom is -0.469 e. The summed E-state index contributed by atoms with van der Waals surface area (Å²) in [5, 5.41) is 3.53. The first-order chi connectivity index (χ1) is 9.78. The molecule has 0 bridgehead atoms. The van der Waals surface area contributed by atoms with Crippen LogP contribution >= 0.6 is 0 Å². The number of nitrogens with one attached hydrogen (secondary N) is 1. The fourth-order valence-electron chi connectivity index (χ4n) is 2.67. The van der Waals surface area contributed by atoms with Crippen LogP contribution in [0.1, 0.15) is 24.8 Å². The molecule has 110 valence electrons. The highest BCUT2D eigenvalue weighted by molar-refractivity contribution is 5.68. The molecule has 2 rings (SSSR count). The van der Waals surface area contributed by atoms with Crippen LogP contribution < -0.4 is 5.32 Å². The molecule has 20 heavy (non-hydrogen) atoms. The average Bonchev–Trinajstić information content (AvgIpc) is 2.48. The van der Waals surface area contributed by atoms with Gasteiger partial charge in [-0.1, -0.05) is 30.3 Å². The van der Waals surface area contributed by atoms with Crippen molar-refractivity contribution in [3.8, 4) is 0 Å². The molecule has 1 aliphatic rings. The number of piperazine rings is 1. The van der Waals surface area contributed by atoms with Gasteiger partial charge in [-0.3, -0.25) is 9.69 Å². The first kappa shape index (κ1) is 15.0. The number of esters is 1. The lowest BCUT2D eigenvalue weighted by molar-refractivity contribution is -0.140. The van der Waals surface area contributed by atoms with Gasteiger partial charge in [-0.05, 0) is 18.4 Å². The summed E-state index contributed by atoms with van der Waals surface area (Å²) < 4.78 is 4.67. The number of nitrogens with zero attached hydrogens (tertiary/aromatic N) is 1. The summed E-state index contributed by atoms with van der Waals surface area (Å²) in [6.45, 7) is 4.17. The van der Waals surface area contributed by atoms with Gasteiger partial charge in [-0.2, -0.15) is 0 Å². The third-order valence-corrected chi connectivity index (χ3v) is 3.75. The second-order valence-corrected chi connectivity index (χ2v) is 5.34. The maximum Gasteiger partial charge on any atom is 0.305 e. The molecule has 4 heteroatoms. The van der Waals surface area contributed by atoms with Gasteiger partial charge in [-0.15, -0.1) is 0 Å². The first-order valence-electron chi connectivity index (χ1n) is 7.34. The maximum atomic E-state index is 11.1. The van der Waals surface area contributed by atoms with E-state index in [0.29, 0.717) is 12.5 Å². The van der Waals surface area contributed by atoms with E-state index in [1.54, 1.807) is 0 Å². The van der Waals surface area contributed by atoms with Gasteiger partial charge in [0.05, 0.1) is 7.11 Å². The van der Waals surface area contributed by atoms with Gasteiger partial charge in [0, 0.05) is 38.6 Å². The number of ether oxygens (including phenoxy) is 1. The fraction of sp³-hybridized carbons (Fsp3) is 0.562. The predicted molar refractivity (Wildman–Crippen MR) is 79.4 cm³/mol. The monoisotopic (exact) mass is 276 g/mol. The second kappa shape index (κ2) is 8.02. The molecule has 0 spiro atoms. The Morgan fingerprint density at radius 3 is 2.95 bits per heavy atom. The lowest BCUT2D eigenvalue weighted by Crippen LogP contribution is -2.50. The molecule has 4 nitrogen and oxygen atoms in total. The molecule has 1 N–H and O–H groups in total. The lowest BCUT2D eigenvalue weighted by Gasteiger charge is -2.33. The van der Waals surface area contributed by atoms with Crippen molar-refractivity contribution in [1.82, 2.24) is 10.2 Å². The minimum atomic E-state index is -0.109. The van der Waals surface area contributed by atoms with E-state index in [9.17, 15) is 4.79 Å². The topological polar surface area (TPSA) is 41.6 Å². The molecular formula is C16H24N2O2. The van der Waals surface area contributed by atoms with E-state index in [0.717, 1.165) is 39.0 Å². The van der Waals surface area contributed by atoms with Gasteiger partial charge >= 0.3 is 5.97 Å². The van der Waals surface area contributed by atoms with E-state index in [1.807, 2.05) is 0 Å². The molecule has 0 saturated carbocycles. The summed E-state index contributed by atoms with van der Waals surface area (Å²) >= 11 is 0. The Hall–Kier alpha value is -1.39. The van der Waals surface area contributed by atoms with E-state index < -0.39 is 0 Å². The predicted octanol–water partition coefficient (Wildman–Crippen LogP) is 1.80. The lowest BCUT2D eigenvalue weighted by atomic mass is 10.1. The van der Waals surface area contributed by atoms with Crippen molar-refractivity contribution in [2.24, 2.45) is 0 Å². The Morgan fingerprint density at radius 2 is 2.20 bits per heavy atom. The smallest absolute Gasteiger partial charge is 0.305 e. The third-order valence-electron chi connectivity index (χ3n) is 3.75. The van der Waals surface area contributed by atoms with Crippen LogP contribution in [-0.4, -0.2) is 43.7 Å². The molecule has 1 aromatic carbocycles. The number of benzene rings is 1. The highest BCUT2D eigenvalue weighted by Crippen LogP contribution is 2.11. The number of carbonyl (C=O) groups excluding carboxylic acids is 1. The Labute approximate surface area is 121 Å². The molecule has 1 saturated heterocycles. The van der Waals surface area contributed by atoms with Crippen LogP contribution in [0.3, 0.4) is 0 Å². The third kappa shape index (κ3) is 4.94. The zero-order valence-corrected chi connectivity index (χ0v) is 12.2. The molecule has 1 atom stereocenters. The van der Waals surface area contributed by atoms with E-state index in [2.05, 4.69) is 45.3 Å². The highest BCUT2D eigenvalue weighted by Gasteiger charge is 2.19. The molecule has 1 heterocycles. The number of hydrogen-bond acceptors (Lipinski definition) is 4. The van der Waals surface area contributed by atoms with Gasteiger partial charge < -0.3 is 10.1 Å². The quantitative estimate of drug-likeness (QED) is 0.805. The van der Waals surface area contributed by atoms with Crippen molar-refractivity contribution < 1.29 is 9.53 Å². The molecular weight excluding hydrogens is 252 g/mol. The summed E-state index contributed by atoms with van der Waals surface area (Å²) in [5.74, 6) is -0.109. The maximum absolute atomic E-state index is 11.1. The van der Waals surface area contributed by atoms with Crippen molar-refractivity contribution in [2.45, 2.75) is 31.8 Å². The molecule has 1 aliphatic heterocycles. The summed E-state index contributed by atoms with van der Waals surface area (Å²) in [6.07, 6.45) is 2.44. The molecule has 0 amide bonds. The standard InChI is InChI=1S/C16H24N2O2/c1-20-16(19)9-5-8-15-13-18(11-10-17-15)12-14-6-3-2-4-7-14/h2-4,6-7,15,17H,5,8-13H2,1H3. The zero-order valence-electron chi connectivity index (χ0n) is 12.2. The zero-order chi connectivity index (χ0) is 14.2. The summed E-state index contributed by atoms with van der Waals surface area (Å²) in [7, 11) is 1.45. The van der Waals surface area contributed by atoms with E-state index in [1.165, 1.54) is 12.7 Å². The summed E-state index contributed by atoms with van der Waals surface area (Å²) in [5.41, 5.74) is 1.36. The second-order valence-electron chi connectivity index (χ2n) is 5.34. The van der Waals surface area contributed by atoms with E-state index in [4.69, 9.17) is 0 Å². The molecule has 0 radical (unpaired) electrons. The van der Waals surface area contributed by atoms with Crippen LogP contribution in [0.5, 0.6) is 0 Å². The van der Waals surface area contributed by atoms with Crippen LogP contribution in [0.4, 0.5) is 0 Å². The van der Waals surface area contributed by atoms with Crippen LogP contribution in [0.2, 0.25) is 0 Å². The number of rotatable bonds is 6. The number of carbonyl (C=O) groups is 1. The van der Waals surface area contributed by atoms with Crippen molar-refractivity contribution in [3.63, 3.8) is 0 Å². The van der Waals surface area contributed by atoms with Crippen molar-refractivity contribution >= 4 is 5.97 Å². The molecule has 1 fully saturated rings. The van der Waals surface area contributed by atoms with Crippen LogP contribution in [0, 0.1) is 0 Å². The van der Waals surface area contributed by atoms with Crippen LogP contribution in [0.25, 0.3) is 0 Å². The SMILES string of the molecule is COC(=O)CCCC1CN(Cc2ccccc2)CCN1. The van der Waals surface area contributed by atoms with Crippen molar-refractivity contribution in [3.05, 3.63) is 35.9 Å². The summed E-state index contributed by atoms with van der Waals surface area (Å²) in [6, 6.07) is 11.1. The highest BCUT2D eigenvalue weighted by atomic mass is 16.5. The Morgan fingerprint density at radius 1 is 1.40 bits per heavy atom. The Balaban J connectivity index is 1.73. The molecule has 0 aromatic heterocycles. The first-order valence-corrected chi connectivity index (χ1v) is 7.34. The Bertz CT molecular complexity index is 408. The normalized spacial score (nSPS) is 19.8. The van der Waals surface area contributed by atoms with Gasteiger partial charge in [0.1, 0.15) is 0 Å².